The van der Waals surface area contributed by atoms with E-state index in [1.165, 1.54) is 11.1 Å². The van der Waals surface area contributed by atoms with E-state index >= 15 is 0 Å². The van der Waals surface area contributed by atoms with Crippen molar-refractivity contribution in [3.63, 3.8) is 0 Å². The normalized spacial score (nSPS) is 11.6. The fraction of sp³-hybridized carbons (Fsp3) is 0.235. The molecule has 0 fully saturated rings. The van der Waals surface area contributed by atoms with Crippen molar-refractivity contribution >= 4 is 0 Å². The van der Waals surface area contributed by atoms with E-state index in [9.17, 15) is 5.26 Å². The van der Waals surface area contributed by atoms with Gasteiger partial charge in [0.1, 0.15) is 5.75 Å². The van der Waals surface area contributed by atoms with E-state index in [1.54, 1.807) is 7.11 Å². The third-order valence-electron chi connectivity index (χ3n) is 3.20. The van der Waals surface area contributed by atoms with E-state index in [2.05, 4.69) is 31.2 Å². The van der Waals surface area contributed by atoms with Crippen LogP contribution in [-0.4, -0.2) is 7.11 Å². The van der Waals surface area contributed by atoms with Crippen LogP contribution in [0.5, 0.6) is 5.75 Å². The van der Waals surface area contributed by atoms with Gasteiger partial charge in [-0.2, -0.15) is 5.26 Å². The van der Waals surface area contributed by atoms with Crippen molar-refractivity contribution in [2.45, 2.75) is 19.3 Å². The minimum Gasteiger partial charge on any atom is -0.497 e. The molecule has 0 bridgehead atoms. The molecule has 0 heterocycles. The molecule has 0 saturated carbocycles. The molecule has 0 amide bonds. The van der Waals surface area contributed by atoms with Crippen LogP contribution in [0, 0.1) is 18.3 Å². The van der Waals surface area contributed by atoms with Gasteiger partial charge in [-0.15, -0.1) is 0 Å². The summed E-state index contributed by atoms with van der Waals surface area (Å²) in [5.41, 5.74) is 3.45. The predicted molar refractivity (Wildman–Crippen MR) is 76.2 cm³/mol. The maximum atomic E-state index is 9.36. The number of nitriles is 1. The Morgan fingerprint density at radius 2 is 1.89 bits per heavy atom. The summed E-state index contributed by atoms with van der Waals surface area (Å²) in [6.45, 7) is 2.07. The molecule has 0 radical (unpaired) electrons. The van der Waals surface area contributed by atoms with Gasteiger partial charge in [0.05, 0.1) is 19.1 Å². The topological polar surface area (TPSA) is 33.0 Å². The molecule has 19 heavy (non-hydrogen) atoms. The van der Waals surface area contributed by atoms with Crippen LogP contribution >= 0.6 is 0 Å². The van der Waals surface area contributed by atoms with Gasteiger partial charge in [0.25, 0.3) is 0 Å². The molecule has 1 unspecified atom stereocenters. The summed E-state index contributed by atoms with van der Waals surface area (Å²) in [5, 5.41) is 9.36. The van der Waals surface area contributed by atoms with E-state index in [4.69, 9.17) is 4.74 Å². The predicted octanol–water partition coefficient (Wildman–Crippen LogP) is 3.85. The maximum absolute atomic E-state index is 9.36. The molecule has 0 aliphatic carbocycles. The molecule has 0 aromatic heterocycles. The van der Waals surface area contributed by atoms with Crippen LogP contribution in [0.4, 0.5) is 0 Å². The minimum absolute atomic E-state index is 0.118. The summed E-state index contributed by atoms with van der Waals surface area (Å²) in [5.74, 6) is 0.698. The lowest BCUT2D eigenvalue weighted by atomic mass is 9.93. The first-order valence-corrected chi connectivity index (χ1v) is 6.32. The summed E-state index contributed by atoms with van der Waals surface area (Å²) in [6.07, 6.45) is 0.741. The van der Waals surface area contributed by atoms with Crippen molar-refractivity contribution in [3.05, 3.63) is 65.2 Å². The van der Waals surface area contributed by atoms with Crippen LogP contribution in [-0.2, 0) is 6.42 Å². The minimum atomic E-state index is -0.118. The molecule has 96 valence electrons. The van der Waals surface area contributed by atoms with Crippen LogP contribution in [0.3, 0.4) is 0 Å². The third kappa shape index (κ3) is 3.35. The van der Waals surface area contributed by atoms with E-state index in [0.29, 0.717) is 0 Å². The lowest BCUT2D eigenvalue weighted by Crippen LogP contribution is -2.00. The summed E-state index contributed by atoms with van der Waals surface area (Å²) >= 11 is 0. The summed E-state index contributed by atoms with van der Waals surface area (Å²) in [6, 6.07) is 18.4. The molecule has 0 aliphatic heterocycles. The molecule has 0 spiro atoms. The summed E-state index contributed by atoms with van der Waals surface area (Å²) in [7, 11) is 1.64. The fourth-order valence-corrected chi connectivity index (χ4v) is 2.15. The number of ether oxygens (including phenoxy) is 1. The van der Waals surface area contributed by atoms with Gasteiger partial charge in [0.15, 0.2) is 0 Å². The molecule has 2 rings (SSSR count). The van der Waals surface area contributed by atoms with E-state index in [0.717, 1.165) is 17.7 Å². The van der Waals surface area contributed by atoms with Gasteiger partial charge in [-0.25, -0.2) is 0 Å². The Hall–Kier alpha value is -2.27. The highest BCUT2D eigenvalue weighted by Crippen LogP contribution is 2.23. The van der Waals surface area contributed by atoms with Crippen molar-refractivity contribution in [1.82, 2.24) is 0 Å². The van der Waals surface area contributed by atoms with Crippen molar-refractivity contribution in [1.29, 1.82) is 5.26 Å². The number of methoxy groups -OCH3 is 1. The number of hydrogen-bond acceptors (Lipinski definition) is 2. The van der Waals surface area contributed by atoms with E-state index in [1.807, 2.05) is 30.3 Å². The van der Waals surface area contributed by atoms with Crippen molar-refractivity contribution in [3.8, 4) is 11.8 Å². The quantitative estimate of drug-likeness (QED) is 0.826. The Morgan fingerprint density at radius 3 is 2.47 bits per heavy atom. The fourth-order valence-electron chi connectivity index (χ4n) is 2.15. The molecule has 2 heteroatoms. The highest BCUT2D eigenvalue weighted by atomic mass is 16.5. The van der Waals surface area contributed by atoms with Crippen LogP contribution in [0.2, 0.25) is 0 Å². The molecule has 1 atom stereocenters. The molecule has 2 aromatic rings. The first-order chi connectivity index (χ1) is 9.22. The summed E-state index contributed by atoms with van der Waals surface area (Å²) < 4.78 is 5.13. The van der Waals surface area contributed by atoms with Crippen LogP contribution < -0.4 is 4.74 Å². The average molecular weight is 251 g/mol. The molecule has 0 N–H and O–H groups in total. The second kappa shape index (κ2) is 6.06. The SMILES string of the molecule is COc1ccc(C(C#N)Cc2cccc(C)c2)cc1. The molecular weight excluding hydrogens is 234 g/mol. The largest absolute Gasteiger partial charge is 0.497 e. The third-order valence-corrected chi connectivity index (χ3v) is 3.20. The molecule has 0 saturated heterocycles. The smallest absolute Gasteiger partial charge is 0.118 e. The standard InChI is InChI=1S/C17H17NO/c1-13-4-3-5-14(10-13)11-16(12-18)15-6-8-17(19-2)9-7-15/h3-10,16H,11H2,1-2H3. The maximum Gasteiger partial charge on any atom is 0.118 e. The molecule has 2 nitrogen and oxygen atoms in total. The van der Waals surface area contributed by atoms with Crippen LogP contribution in [0.25, 0.3) is 0 Å². The van der Waals surface area contributed by atoms with Gasteiger partial charge in [0.2, 0.25) is 0 Å². The van der Waals surface area contributed by atoms with E-state index < -0.39 is 0 Å². The van der Waals surface area contributed by atoms with Gasteiger partial charge in [-0.3, -0.25) is 0 Å². The number of rotatable bonds is 4. The highest BCUT2D eigenvalue weighted by Gasteiger charge is 2.11. The Labute approximate surface area is 114 Å². The van der Waals surface area contributed by atoms with Gasteiger partial charge in [0, 0.05) is 0 Å². The van der Waals surface area contributed by atoms with E-state index in [-0.39, 0.29) is 5.92 Å². The zero-order valence-electron chi connectivity index (χ0n) is 11.3. The van der Waals surface area contributed by atoms with Crippen molar-refractivity contribution in [2.24, 2.45) is 0 Å². The highest BCUT2D eigenvalue weighted by molar-refractivity contribution is 5.34. The van der Waals surface area contributed by atoms with Crippen LogP contribution in [0.1, 0.15) is 22.6 Å². The van der Waals surface area contributed by atoms with Gasteiger partial charge in [-0.05, 0) is 36.6 Å². The second-order valence-corrected chi connectivity index (χ2v) is 4.65. The number of nitrogens with zero attached hydrogens (tertiary/aromatic N) is 1. The van der Waals surface area contributed by atoms with Gasteiger partial charge >= 0.3 is 0 Å². The monoisotopic (exact) mass is 251 g/mol. The first-order valence-electron chi connectivity index (χ1n) is 6.32. The second-order valence-electron chi connectivity index (χ2n) is 4.65. The molecular formula is C17H17NO. The number of aryl methyl sites for hydroxylation is 1. The lowest BCUT2D eigenvalue weighted by molar-refractivity contribution is 0.414. The lowest BCUT2D eigenvalue weighted by Gasteiger charge is -2.11. The average Bonchev–Trinajstić information content (AvgIpc) is 2.45. The Morgan fingerprint density at radius 1 is 1.16 bits per heavy atom. The van der Waals surface area contributed by atoms with Gasteiger partial charge < -0.3 is 4.74 Å². The van der Waals surface area contributed by atoms with Crippen molar-refractivity contribution in [2.75, 3.05) is 7.11 Å². The number of benzene rings is 2. The van der Waals surface area contributed by atoms with Gasteiger partial charge in [-0.1, -0.05) is 42.0 Å². The van der Waals surface area contributed by atoms with Crippen molar-refractivity contribution < 1.29 is 4.74 Å². The molecule has 0 aliphatic rings. The summed E-state index contributed by atoms with van der Waals surface area (Å²) in [4.78, 5) is 0. The zero-order chi connectivity index (χ0) is 13.7. The Balaban J connectivity index is 2.18. The molecule has 2 aromatic carbocycles. The first kappa shape index (κ1) is 13.2. The Kier molecular flexibility index (Phi) is 4.20. The zero-order valence-corrected chi connectivity index (χ0v) is 11.3. The number of hydrogen-bond donors (Lipinski definition) is 0. The Bertz CT molecular complexity index is 581. The van der Waals surface area contributed by atoms with Crippen LogP contribution in [0.15, 0.2) is 48.5 Å².